The molecule has 8 heteroatoms. The highest BCUT2D eigenvalue weighted by molar-refractivity contribution is 8.26. The van der Waals surface area contributed by atoms with Crippen molar-refractivity contribution in [3.63, 3.8) is 0 Å². The van der Waals surface area contributed by atoms with Crippen molar-refractivity contribution in [1.82, 2.24) is 10.2 Å². The maximum Gasteiger partial charge on any atom is 0.263 e. The van der Waals surface area contributed by atoms with Gasteiger partial charge in [-0.05, 0) is 37.1 Å². The molecule has 2 fully saturated rings. The molecule has 1 aromatic heterocycles. The zero-order chi connectivity index (χ0) is 19.7. The van der Waals surface area contributed by atoms with Crippen LogP contribution in [0.4, 0.5) is 0 Å². The summed E-state index contributed by atoms with van der Waals surface area (Å²) in [6.07, 6.45) is 3.38. The topological polar surface area (TPSA) is 82.8 Å². The molecule has 0 unspecified atom stereocenters. The number of nitrogens with one attached hydrogen (secondary N) is 1. The molecule has 0 bridgehead atoms. The smallest absolute Gasteiger partial charge is 0.263 e. The summed E-state index contributed by atoms with van der Waals surface area (Å²) in [4.78, 5) is 26.8. The van der Waals surface area contributed by atoms with Gasteiger partial charge >= 0.3 is 0 Å². The van der Waals surface area contributed by atoms with Gasteiger partial charge in [-0.25, -0.2) is 0 Å². The van der Waals surface area contributed by atoms with E-state index in [0.29, 0.717) is 32.9 Å². The Hall–Kier alpha value is -2.42. The highest BCUT2D eigenvalue weighted by Crippen LogP contribution is 2.29. The van der Waals surface area contributed by atoms with Crippen LogP contribution in [0.2, 0.25) is 0 Å². The van der Waals surface area contributed by atoms with Gasteiger partial charge in [0.1, 0.15) is 15.8 Å². The maximum atomic E-state index is 12.8. The van der Waals surface area contributed by atoms with Gasteiger partial charge in [0.15, 0.2) is 0 Å². The number of furan rings is 1. The lowest BCUT2D eigenvalue weighted by molar-refractivity contribution is -0.115. The largest absolute Gasteiger partial charge is 0.457 e. The van der Waals surface area contributed by atoms with Crippen molar-refractivity contribution in [2.75, 3.05) is 13.2 Å². The first-order valence-electron chi connectivity index (χ1n) is 8.92. The molecular weight excluding hydrogens is 396 g/mol. The van der Waals surface area contributed by atoms with Gasteiger partial charge in [0.25, 0.3) is 11.8 Å². The highest BCUT2D eigenvalue weighted by Gasteiger charge is 2.29. The fourth-order valence-corrected chi connectivity index (χ4v) is 4.42. The molecule has 2 N–H and O–H groups in total. The first-order valence-corrected chi connectivity index (χ1v) is 10.1. The van der Waals surface area contributed by atoms with Gasteiger partial charge in [-0.2, -0.15) is 0 Å². The molecule has 4 rings (SSSR count). The minimum atomic E-state index is -0.232. The molecule has 0 aliphatic carbocycles. The molecule has 28 heavy (non-hydrogen) atoms. The van der Waals surface area contributed by atoms with E-state index in [0.717, 1.165) is 18.4 Å². The van der Waals surface area contributed by atoms with Crippen molar-refractivity contribution in [3.8, 4) is 11.3 Å². The molecule has 1 atom stereocenters. The van der Waals surface area contributed by atoms with Crippen molar-refractivity contribution < 1.29 is 19.1 Å². The molecule has 144 valence electrons. The van der Waals surface area contributed by atoms with Crippen LogP contribution in [0.1, 0.15) is 29.0 Å². The molecule has 2 aromatic rings. The molecule has 3 heterocycles. The fraction of sp³-hybridized carbons (Fsp3) is 0.250. The summed E-state index contributed by atoms with van der Waals surface area (Å²) < 4.78 is 6.27. The maximum absolute atomic E-state index is 12.8. The summed E-state index contributed by atoms with van der Waals surface area (Å²) in [6.45, 7) is 0.644. The lowest BCUT2D eigenvalue weighted by Gasteiger charge is -2.23. The molecule has 6 nitrogen and oxygen atoms in total. The molecule has 0 radical (unpaired) electrons. The quantitative estimate of drug-likeness (QED) is 0.591. The minimum Gasteiger partial charge on any atom is -0.457 e. The molecule has 2 saturated heterocycles. The van der Waals surface area contributed by atoms with Gasteiger partial charge in [0.05, 0.1) is 17.6 Å². The summed E-state index contributed by atoms with van der Waals surface area (Å²) in [5, 5.41) is 12.0. The Morgan fingerprint density at radius 2 is 2.25 bits per heavy atom. The summed E-state index contributed by atoms with van der Waals surface area (Å²) >= 11 is 6.18. The van der Waals surface area contributed by atoms with E-state index in [1.165, 1.54) is 11.8 Å². The van der Waals surface area contributed by atoms with Crippen LogP contribution in [0.3, 0.4) is 0 Å². The number of likely N-dealkylation sites (tertiary alicyclic amines) is 1. The van der Waals surface area contributed by atoms with Crippen molar-refractivity contribution in [2.24, 2.45) is 0 Å². The molecule has 0 saturated carbocycles. The SMILES string of the molecule is O=C1NC(=S)S/C1=C/c1ccc(-c2cccc(C(=O)N3CCC[C@H]3CO)c2)o1. The third-order valence-corrected chi connectivity index (χ3v) is 5.95. The standard InChI is InChI=1S/C20H18N2O4S2/c23-11-14-5-2-8-22(14)19(25)13-4-1-3-12(9-13)16-7-6-15(26-16)10-17-18(24)21-20(27)28-17/h1,3-4,6-7,9-10,14,23H,2,5,8,11H2,(H,21,24,27)/b17-10+/t14-/m0/s1. The van der Waals surface area contributed by atoms with Crippen LogP contribution >= 0.6 is 24.0 Å². The summed E-state index contributed by atoms with van der Waals surface area (Å²) in [5.41, 5.74) is 1.33. The number of hydrogen-bond acceptors (Lipinski definition) is 6. The Kier molecular flexibility index (Phi) is 5.34. The first kappa shape index (κ1) is 18.9. The van der Waals surface area contributed by atoms with Gasteiger partial charge < -0.3 is 19.7 Å². The minimum absolute atomic E-state index is 0.0172. The lowest BCUT2D eigenvalue weighted by atomic mass is 10.1. The van der Waals surface area contributed by atoms with Gasteiger partial charge in [-0.1, -0.05) is 36.1 Å². The Balaban J connectivity index is 1.56. The lowest BCUT2D eigenvalue weighted by Crippen LogP contribution is -2.37. The van der Waals surface area contributed by atoms with E-state index in [1.54, 1.807) is 35.2 Å². The van der Waals surface area contributed by atoms with Gasteiger partial charge in [-0.15, -0.1) is 0 Å². The number of hydrogen-bond donors (Lipinski definition) is 2. The van der Waals surface area contributed by atoms with Crippen LogP contribution in [0.25, 0.3) is 17.4 Å². The van der Waals surface area contributed by atoms with Crippen molar-refractivity contribution in [2.45, 2.75) is 18.9 Å². The molecule has 0 spiro atoms. The predicted molar refractivity (Wildman–Crippen MR) is 112 cm³/mol. The van der Waals surface area contributed by atoms with Gasteiger partial charge in [-0.3, -0.25) is 9.59 Å². The molecule has 2 aliphatic heterocycles. The molecule has 2 amide bonds. The third-order valence-electron chi connectivity index (χ3n) is 4.78. The average Bonchev–Trinajstić information content (AvgIpc) is 3.42. The van der Waals surface area contributed by atoms with E-state index >= 15 is 0 Å². The van der Waals surface area contributed by atoms with Crippen LogP contribution < -0.4 is 5.32 Å². The number of aliphatic hydroxyl groups excluding tert-OH is 1. The number of rotatable bonds is 4. The summed E-state index contributed by atoms with van der Waals surface area (Å²) in [5.74, 6) is 0.825. The van der Waals surface area contributed by atoms with E-state index in [9.17, 15) is 14.7 Å². The highest BCUT2D eigenvalue weighted by atomic mass is 32.2. The van der Waals surface area contributed by atoms with Crippen molar-refractivity contribution in [1.29, 1.82) is 0 Å². The second-order valence-electron chi connectivity index (χ2n) is 6.61. The number of nitrogens with zero attached hydrogens (tertiary/aromatic N) is 1. The predicted octanol–water partition coefficient (Wildman–Crippen LogP) is 3.03. The number of aliphatic hydroxyl groups is 1. The van der Waals surface area contributed by atoms with Gasteiger partial charge in [0, 0.05) is 23.7 Å². The van der Waals surface area contributed by atoms with E-state index in [-0.39, 0.29) is 24.5 Å². The second kappa shape index (κ2) is 7.90. The summed E-state index contributed by atoms with van der Waals surface area (Å²) in [7, 11) is 0. The Morgan fingerprint density at radius 3 is 3.00 bits per heavy atom. The zero-order valence-electron chi connectivity index (χ0n) is 14.9. The number of thiocarbonyl (C=S) groups is 1. The average molecular weight is 415 g/mol. The molecule has 1 aromatic carbocycles. The van der Waals surface area contributed by atoms with Crippen LogP contribution in [0.15, 0.2) is 45.7 Å². The van der Waals surface area contributed by atoms with Crippen LogP contribution in [0, 0.1) is 0 Å². The molecular formula is C20H18N2O4S2. The Labute approximate surface area is 171 Å². The first-order chi connectivity index (χ1) is 13.5. The van der Waals surface area contributed by atoms with E-state index in [2.05, 4.69) is 5.32 Å². The second-order valence-corrected chi connectivity index (χ2v) is 8.33. The van der Waals surface area contributed by atoms with Crippen LogP contribution in [-0.4, -0.2) is 45.3 Å². The number of benzene rings is 1. The number of carbonyl (C=O) groups excluding carboxylic acids is 2. The van der Waals surface area contributed by atoms with Crippen LogP contribution in [-0.2, 0) is 4.79 Å². The monoisotopic (exact) mass is 414 g/mol. The Bertz CT molecular complexity index is 982. The van der Waals surface area contributed by atoms with Crippen LogP contribution in [0.5, 0.6) is 0 Å². The van der Waals surface area contributed by atoms with E-state index in [4.69, 9.17) is 16.6 Å². The number of thioether (sulfide) groups is 1. The number of carbonyl (C=O) groups is 2. The zero-order valence-corrected chi connectivity index (χ0v) is 16.5. The molecule has 2 aliphatic rings. The van der Waals surface area contributed by atoms with Crippen molar-refractivity contribution >= 4 is 46.2 Å². The van der Waals surface area contributed by atoms with Gasteiger partial charge in [0.2, 0.25) is 0 Å². The fourth-order valence-electron chi connectivity index (χ4n) is 3.40. The normalized spacial score (nSPS) is 20.8. The van der Waals surface area contributed by atoms with E-state index < -0.39 is 0 Å². The summed E-state index contributed by atoms with van der Waals surface area (Å²) in [6, 6.07) is 10.7. The van der Waals surface area contributed by atoms with Crippen molar-refractivity contribution in [3.05, 3.63) is 52.6 Å². The third kappa shape index (κ3) is 3.76. The number of amides is 2. The van der Waals surface area contributed by atoms with E-state index in [1.807, 2.05) is 12.1 Å². The Morgan fingerprint density at radius 1 is 1.39 bits per heavy atom.